The lowest BCUT2D eigenvalue weighted by molar-refractivity contribution is -0.0289. The van der Waals surface area contributed by atoms with Gasteiger partial charge in [-0.05, 0) is 12.0 Å². The van der Waals surface area contributed by atoms with Crippen molar-refractivity contribution in [3.8, 4) is 0 Å². The van der Waals surface area contributed by atoms with Crippen LogP contribution in [0.4, 0.5) is 9.59 Å². The Morgan fingerprint density at radius 1 is 1.12 bits per heavy atom. The van der Waals surface area contributed by atoms with Crippen molar-refractivity contribution < 1.29 is 23.9 Å². The number of alkyl halides is 3. The highest BCUT2D eigenvalue weighted by Gasteiger charge is 2.28. The number of hydroxylamine groups is 1. The highest BCUT2D eigenvalue weighted by molar-refractivity contribution is 6.67. The summed E-state index contributed by atoms with van der Waals surface area (Å²) >= 11 is 16.5. The van der Waals surface area contributed by atoms with Crippen molar-refractivity contribution in [2.75, 3.05) is 6.61 Å². The minimum atomic E-state index is -1.69. The van der Waals surface area contributed by atoms with Gasteiger partial charge in [-0.1, -0.05) is 77.3 Å². The van der Waals surface area contributed by atoms with Crippen molar-refractivity contribution in [3.05, 3.63) is 48.0 Å². The lowest BCUT2D eigenvalue weighted by atomic mass is 10.2. The number of rotatable bonds is 6. The summed E-state index contributed by atoms with van der Waals surface area (Å²) in [5.74, 6) is 0. The van der Waals surface area contributed by atoms with Crippen LogP contribution in [0.25, 0.3) is 0 Å². The zero-order valence-corrected chi connectivity index (χ0v) is 15.8. The van der Waals surface area contributed by atoms with Gasteiger partial charge in [0.2, 0.25) is 3.79 Å². The van der Waals surface area contributed by atoms with Crippen LogP contribution in [0.15, 0.2) is 42.5 Å². The maximum absolute atomic E-state index is 11.7. The van der Waals surface area contributed by atoms with Crippen molar-refractivity contribution in [1.29, 1.82) is 0 Å². The largest absolute Gasteiger partial charge is 0.445 e. The molecule has 0 spiro atoms. The zero-order valence-electron chi connectivity index (χ0n) is 13.5. The standard InChI is InChI=1S/C16H17Cl3N2O5/c17-16(18,19)10-25-14(22)20-12-7-4-8-13(12)26-21-15(23)24-9-11-5-2-1-3-6-11/h1-7,12-13H,8-10H2,(H,20,22)(H,21,23)/t12-,13+/m1/s1. The second-order valence-electron chi connectivity index (χ2n) is 5.35. The summed E-state index contributed by atoms with van der Waals surface area (Å²) in [5, 5.41) is 2.54. The molecule has 1 aromatic rings. The summed E-state index contributed by atoms with van der Waals surface area (Å²) in [6, 6.07) is 8.71. The minimum Gasteiger partial charge on any atom is -0.445 e. The predicted octanol–water partition coefficient (Wildman–Crippen LogP) is 3.64. The molecule has 0 fully saturated rings. The molecule has 1 aromatic carbocycles. The van der Waals surface area contributed by atoms with E-state index in [1.165, 1.54) is 0 Å². The molecule has 0 unspecified atom stereocenters. The van der Waals surface area contributed by atoms with Crippen LogP contribution in [0.3, 0.4) is 0 Å². The van der Waals surface area contributed by atoms with E-state index in [1.807, 2.05) is 30.3 Å². The molecule has 7 nitrogen and oxygen atoms in total. The quantitative estimate of drug-likeness (QED) is 0.414. The van der Waals surface area contributed by atoms with Gasteiger partial charge in [-0.2, -0.15) is 5.48 Å². The molecule has 26 heavy (non-hydrogen) atoms. The van der Waals surface area contributed by atoms with Gasteiger partial charge in [-0.3, -0.25) is 4.84 Å². The Kier molecular flexibility index (Phi) is 7.84. The molecule has 0 saturated carbocycles. The number of nitrogens with one attached hydrogen (secondary N) is 2. The SMILES string of the molecule is O=C(NO[C@H]1CC=C[C@H]1NC(=O)OCC(Cl)(Cl)Cl)OCc1ccccc1. The van der Waals surface area contributed by atoms with Gasteiger partial charge in [0.1, 0.15) is 19.3 Å². The monoisotopic (exact) mass is 422 g/mol. The van der Waals surface area contributed by atoms with E-state index in [4.69, 9.17) is 49.1 Å². The summed E-state index contributed by atoms with van der Waals surface area (Å²) in [7, 11) is 0. The molecule has 0 aliphatic heterocycles. The summed E-state index contributed by atoms with van der Waals surface area (Å²) in [6.07, 6.45) is 1.96. The zero-order chi connectivity index (χ0) is 19.0. The molecule has 0 heterocycles. The van der Waals surface area contributed by atoms with Gasteiger partial charge in [0.15, 0.2) is 0 Å². The van der Waals surface area contributed by atoms with Crippen LogP contribution in [-0.4, -0.2) is 34.7 Å². The fourth-order valence-electron chi connectivity index (χ4n) is 2.09. The normalized spacial score (nSPS) is 19.0. The van der Waals surface area contributed by atoms with Gasteiger partial charge in [0.05, 0.1) is 6.04 Å². The van der Waals surface area contributed by atoms with Crippen molar-refractivity contribution in [3.63, 3.8) is 0 Å². The van der Waals surface area contributed by atoms with Crippen molar-refractivity contribution in [1.82, 2.24) is 10.8 Å². The van der Waals surface area contributed by atoms with Crippen LogP contribution in [0, 0.1) is 0 Å². The fraction of sp³-hybridized carbons (Fsp3) is 0.375. The Bertz CT molecular complexity index is 637. The second kappa shape index (κ2) is 9.87. The summed E-state index contributed by atoms with van der Waals surface area (Å²) in [6.45, 7) is -0.278. The van der Waals surface area contributed by atoms with E-state index in [0.717, 1.165) is 5.56 Å². The molecule has 2 amide bonds. The number of hydrogen-bond acceptors (Lipinski definition) is 5. The van der Waals surface area contributed by atoms with Crippen molar-refractivity contribution in [2.24, 2.45) is 0 Å². The Balaban J connectivity index is 1.69. The topological polar surface area (TPSA) is 85.9 Å². The lowest BCUT2D eigenvalue weighted by Gasteiger charge is -2.21. The number of hydrogen-bond donors (Lipinski definition) is 2. The van der Waals surface area contributed by atoms with Crippen LogP contribution in [0.2, 0.25) is 0 Å². The average molecular weight is 424 g/mol. The van der Waals surface area contributed by atoms with Gasteiger partial charge in [0, 0.05) is 0 Å². The Morgan fingerprint density at radius 3 is 2.54 bits per heavy atom. The molecular weight excluding hydrogens is 407 g/mol. The first kappa shape index (κ1) is 20.6. The summed E-state index contributed by atoms with van der Waals surface area (Å²) in [5.41, 5.74) is 3.05. The number of amides is 2. The molecule has 0 radical (unpaired) electrons. The van der Waals surface area contributed by atoms with Gasteiger partial charge >= 0.3 is 12.2 Å². The predicted molar refractivity (Wildman–Crippen MR) is 97.0 cm³/mol. The first-order valence-electron chi connectivity index (χ1n) is 7.62. The highest BCUT2D eigenvalue weighted by atomic mass is 35.6. The molecule has 2 atom stereocenters. The molecule has 2 rings (SSSR count). The van der Waals surface area contributed by atoms with Crippen LogP contribution >= 0.6 is 34.8 Å². The summed E-state index contributed by atoms with van der Waals surface area (Å²) in [4.78, 5) is 28.6. The molecule has 0 aromatic heterocycles. The third kappa shape index (κ3) is 7.70. The number of halogens is 3. The Labute approximate surface area is 165 Å². The van der Waals surface area contributed by atoms with Crippen LogP contribution in [0.5, 0.6) is 0 Å². The number of carbonyl (C=O) groups excluding carboxylic acids is 2. The molecule has 10 heteroatoms. The van der Waals surface area contributed by atoms with Gasteiger partial charge in [-0.15, -0.1) is 0 Å². The van der Waals surface area contributed by atoms with E-state index in [9.17, 15) is 9.59 Å². The highest BCUT2D eigenvalue weighted by Crippen LogP contribution is 2.26. The van der Waals surface area contributed by atoms with Gasteiger partial charge in [0.25, 0.3) is 0 Å². The molecule has 142 valence electrons. The Morgan fingerprint density at radius 2 is 1.85 bits per heavy atom. The van der Waals surface area contributed by atoms with Crippen molar-refractivity contribution >= 4 is 47.0 Å². The van der Waals surface area contributed by atoms with Crippen LogP contribution < -0.4 is 10.8 Å². The van der Waals surface area contributed by atoms with Crippen molar-refractivity contribution in [2.45, 2.75) is 29.0 Å². The van der Waals surface area contributed by atoms with E-state index in [0.29, 0.717) is 6.42 Å². The maximum Gasteiger partial charge on any atom is 0.431 e. The first-order valence-corrected chi connectivity index (χ1v) is 8.76. The van der Waals surface area contributed by atoms with E-state index in [1.54, 1.807) is 12.2 Å². The van der Waals surface area contributed by atoms with E-state index in [2.05, 4.69) is 10.8 Å². The average Bonchev–Trinajstić information content (AvgIpc) is 3.03. The van der Waals surface area contributed by atoms with E-state index >= 15 is 0 Å². The first-order chi connectivity index (χ1) is 12.3. The minimum absolute atomic E-state index is 0.115. The van der Waals surface area contributed by atoms with Crippen LogP contribution in [-0.2, 0) is 20.9 Å². The van der Waals surface area contributed by atoms with E-state index < -0.39 is 34.7 Å². The smallest absolute Gasteiger partial charge is 0.431 e. The third-order valence-corrected chi connectivity index (χ3v) is 3.60. The van der Waals surface area contributed by atoms with Crippen LogP contribution in [0.1, 0.15) is 12.0 Å². The van der Waals surface area contributed by atoms with Gasteiger partial charge < -0.3 is 14.8 Å². The second-order valence-corrected chi connectivity index (χ2v) is 7.86. The number of ether oxygens (including phenoxy) is 2. The molecule has 1 aliphatic carbocycles. The Hall–Kier alpha value is -1.67. The fourth-order valence-corrected chi connectivity index (χ4v) is 2.26. The molecule has 0 saturated heterocycles. The maximum atomic E-state index is 11.7. The number of alkyl carbamates (subject to hydrolysis) is 1. The molecule has 1 aliphatic rings. The number of benzene rings is 1. The van der Waals surface area contributed by atoms with E-state index in [-0.39, 0.29) is 6.61 Å². The molecular formula is C16H17Cl3N2O5. The molecule has 2 N–H and O–H groups in total. The van der Waals surface area contributed by atoms with Gasteiger partial charge in [-0.25, -0.2) is 9.59 Å². The molecule has 0 bridgehead atoms. The third-order valence-electron chi connectivity index (χ3n) is 3.27. The number of carbonyl (C=O) groups is 2. The summed E-state index contributed by atoms with van der Waals surface area (Å²) < 4.78 is 8.12. The lowest BCUT2D eigenvalue weighted by Crippen LogP contribution is -2.44.